The zero-order valence-corrected chi connectivity index (χ0v) is 13.6. The number of anilines is 1. The van der Waals surface area contributed by atoms with Gasteiger partial charge >= 0.3 is 5.97 Å². The number of hydrogen-bond acceptors (Lipinski definition) is 8. The van der Waals surface area contributed by atoms with E-state index in [0.29, 0.717) is 38.0 Å². The minimum atomic E-state index is -1.18. The van der Waals surface area contributed by atoms with Crippen molar-refractivity contribution < 1.29 is 19.4 Å². The fraction of sp³-hybridized carbons (Fsp3) is 0.429. The Kier molecular flexibility index (Phi) is 4.73. The van der Waals surface area contributed by atoms with Gasteiger partial charge in [-0.2, -0.15) is 4.98 Å². The minimum absolute atomic E-state index is 0.0457. The summed E-state index contributed by atoms with van der Waals surface area (Å²) < 4.78 is 6.32. The van der Waals surface area contributed by atoms with Crippen molar-refractivity contribution in [3.63, 3.8) is 0 Å². The maximum Gasteiger partial charge on any atom is 0.358 e. The van der Waals surface area contributed by atoms with Crippen molar-refractivity contribution in [2.75, 3.05) is 38.2 Å². The molecule has 1 saturated heterocycles. The van der Waals surface area contributed by atoms with Gasteiger partial charge in [-0.25, -0.2) is 14.5 Å². The molecule has 1 amide bonds. The van der Waals surface area contributed by atoms with Crippen LogP contribution in [0.15, 0.2) is 18.5 Å². The lowest BCUT2D eigenvalue weighted by Crippen LogP contribution is -2.50. The number of nitrogens with zero attached hydrogens (tertiary/aromatic N) is 7. The van der Waals surface area contributed by atoms with Crippen LogP contribution in [0.4, 0.5) is 5.95 Å². The van der Waals surface area contributed by atoms with Gasteiger partial charge in [-0.1, -0.05) is 5.21 Å². The quantitative estimate of drug-likeness (QED) is 0.733. The van der Waals surface area contributed by atoms with Crippen LogP contribution in [0.2, 0.25) is 0 Å². The molecular weight excluding hydrogens is 330 g/mol. The molecule has 11 heteroatoms. The van der Waals surface area contributed by atoms with Crippen LogP contribution in [0.1, 0.15) is 10.5 Å². The van der Waals surface area contributed by atoms with Gasteiger partial charge in [0.2, 0.25) is 17.7 Å². The molecule has 0 atom stereocenters. The van der Waals surface area contributed by atoms with Crippen molar-refractivity contribution in [3.05, 3.63) is 24.2 Å². The third-order valence-corrected chi connectivity index (χ3v) is 3.80. The highest BCUT2D eigenvalue weighted by atomic mass is 16.5. The first-order chi connectivity index (χ1) is 12.1. The molecule has 0 radical (unpaired) electrons. The molecule has 25 heavy (non-hydrogen) atoms. The summed E-state index contributed by atoms with van der Waals surface area (Å²) in [7, 11) is 1.54. The Morgan fingerprint density at radius 1 is 1.28 bits per heavy atom. The molecule has 0 unspecified atom stereocenters. The first-order valence-corrected chi connectivity index (χ1v) is 7.60. The summed E-state index contributed by atoms with van der Waals surface area (Å²) in [6.07, 6.45) is 2.87. The Hall–Kier alpha value is -3.24. The van der Waals surface area contributed by atoms with Crippen molar-refractivity contribution in [3.8, 4) is 5.88 Å². The number of rotatable bonds is 5. The average Bonchev–Trinajstić information content (AvgIpc) is 3.10. The second kappa shape index (κ2) is 7.11. The van der Waals surface area contributed by atoms with Gasteiger partial charge in [0.1, 0.15) is 6.54 Å². The number of aromatic carboxylic acids is 1. The molecule has 1 aliphatic heterocycles. The van der Waals surface area contributed by atoms with Crippen LogP contribution in [-0.4, -0.2) is 80.1 Å². The van der Waals surface area contributed by atoms with Gasteiger partial charge in [0, 0.05) is 38.4 Å². The highest BCUT2D eigenvalue weighted by molar-refractivity contribution is 5.84. The zero-order chi connectivity index (χ0) is 17.8. The van der Waals surface area contributed by atoms with E-state index in [1.54, 1.807) is 24.3 Å². The maximum absolute atomic E-state index is 12.3. The van der Waals surface area contributed by atoms with Crippen LogP contribution in [0.5, 0.6) is 5.88 Å². The summed E-state index contributed by atoms with van der Waals surface area (Å²) in [6.45, 7) is 2.17. The van der Waals surface area contributed by atoms with Crippen LogP contribution in [0.25, 0.3) is 0 Å². The number of hydrogen-bond donors (Lipinski definition) is 1. The highest BCUT2D eigenvalue weighted by Crippen LogP contribution is 2.14. The van der Waals surface area contributed by atoms with Crippen LogP contribution in [0, 0.1) is 0 Å². The molecule has 3 heterocycles. The number of carbonyl (C=O) groups is 2. The number of aromatic nitrogens is 5. The Labute approximate surface area is 142 Å². The summed E-state index contributed by atoms with van der Waals surface area (Å²) >= 11 is 0. The van der Waals surface area contributed by atoms with Gasteiger partial charge in [0.25, 0.3) is 0 Å². The average molecular weight is 347 g/mol. The molecule has 2 aromatic heterocycles. The largest absolute Gasteiger partial charge is 0.481 e. The second-order valence-corrected chi connectivity index (χ2v) is 5.37. The van der Waals surface area contributed by atoms with E-state index in [2.05, 4.69) is 20.3 Å². The maximum atomic E-state index is 12.3. The molecule has 3 rings (SSSR count). The molecule has 11 nitrogen and oxygen atoms in total. The summed E-state index contributed by atoms with van der Waals surface area (Å²) in [6, 6.07) is 1.67. The van der Waals surface area contributed by atoms with E-state index >= 15 is 0 Å². The molecule has 0 aromatic carbocycles. The molecule has 1 N–H and O–H groups in total. The number of carboxylic acids is 1. The van der Waals surface area contributed by atoms with Crippen LogP contribution < -0.4 is 9.64 Å². The van der Waals surface area contributed by atoms with Gasteiger partial charge < -0.3 is 19.6 Å². The van der Waals surface area contributed by atoms with E-state index in [1.165, 1.54) is 10.9 Å². The molecule has 0 aliphatic carbocycles. The van der Waals surface area contributed by atoms with Gasteiger partial charge in [-0.05, 0) is 0 Å². The van der Waals surface area contributed by atoms with Gasteiger partial charge in [-0.3, -0.25) is 4.79 Å². The molecule has 132 valence electrons. The lowest BCUT2D eigenvalue weighted by atomic mass is 10.3. The topological polar surface area (TPSA) is 127 Å². The lowest BCUT2D eigenvalue weighted by molar-refractivity contribution is -0.132. The van der Waals surface area contributed by atoms with Crippen molar-refractivity contribution >= 4 is 17.8 Å². The zero-order valence-electron chi connectivity index (χ0n) is 13.6. The normalized spacial score (nSPS) is 14.4. The number of piperazine rings is 1. The molecule has 0 bridgehead atoms. The second-order valence-electron chi connectivity index (χ2n) is 5.37. The first-order valence-electron chi connectivity index (χ1n) is 7.60. The number of methoxy groups -OCH3 is 1. The molecular formula is C14H17N7O4. The molecule has 0 saturated carbocycles. The lowest BCUT2D eigenvalue weighted by Gasteiger charge is -2.34. The molecule has 2 aromatic rings. The standard InChI is InChI=1S/C14H17N7O4/c1-25-11-2-3-15-14(16-11)20-6-4-19(5-7-20)12(22)9-21-8-10(13(23)24)17-18-21/h2-3,8H,4-7,9H2,1H3,(H,23,24). The van der Waals surface area contributed by atoms with Gasteiger partial charge in [0.05, 0.1) is 13.3 Å². The smallest absolute Gasteiger partial charge is 0.358 e. The Morgan fingerprint density at radius 2 is 2.04 bits per heavy atom. The third-order valence-electron chi connectivity index (χ3n) is 3.80. The van der Waals surface area contributed by atoms with E-state index in [0.717, 1.165) is 0 Å². The van der Waals surface area contributed by atoms with Crippen molar-refractivity contribution in [1.29, 1.82) is 0 Å². The summed E-state index contributed by atoms with van der Waals surface area (Å²) in [4.78, 5) is 35.3. The predicted molar refractivity (Wildman–Crippen MR) is 84.4 cm³/mol. The predicted octanol–water partition coefficient (Wildman–Crippen LogP) is -0.876. The number of carbonyl (C=O) groups excluding carboxylic acids is 1. The monoisotopic (exact) mass is 347 g/mol. The van der Waals surface area contributed by atoms with Crippen molar-refractivity contribution in [1.82, 2.24) is 29.9 Å². The van der Waals surface area contributed by atoms with Gasteiger partial charge in [-0.15, -0.1) is 5.10 Å². The first kappa shape index (κ1) is 16.6. The number of carboxylic acid groups (broad SMARTS) is 1. The number of amides is 1. The minimum Gasteiger partial charge on any atom is -0.481 e. The Balaban J connectivity index is 1.55. The molecule has 1 aliphatic rings. The summed E-state index contributed by atoms with van der Waals surface area (Å²) in [5.74, 6) is -0.267. The van der Waals surface area contributed by atoms with Crippen LogP contribution >= 0.6 is 0 Å². The van der Waals surface area contributed by atoms with E-state index in [1.807, 2.05) is 4.90 Å². The Morgan fingerprint density at radius 3 is 2.68 bits per heavy atom. The van der Waals surface area contributed by atoms with E-state index in [-0.39, 0.29) is 18.1 Å². The SMILES string of the molecule is COc1ccnc(N2CCN(C(=O)Cn3cc(C(=O)O)nn3)CC2)n1. The summed E-state index contributed by atoms with van der Waals surface area (Å²) in [5, 5.41) is 16.0. The highest BCUT2D eigenvalue weighted by Gasteiger charge is 2.23. The molecule has 1 fully saturated rings. The van der Waals surface area contributed by atoms with E-state index in [4.69, 9.17) is 9.84 Å². The number of ether oxygens (including phenoxy) is 1. The van der Waals surface area contributed by atoms with E-state index < -0.39 is 5.97 Å². The summed E-state index contributed by atoms with van der Waals surface area (Å²) in [5.41, 5.74) is -0.187. The Bertz CT molecular complexity index is 770. The molecule has 0 spiro atoms. The van der Waals surface area contributed by atoms with Crippen LogP contribution in [-0.2, 0) is 11.3 Å². The van der Waals surface area contributed by atoms with Crippen LogP contribution in [0.3, 0.4) is 0 Å². The fourth-order valence-corrected chi connectivity index (χ4v) is 2.47. The third kappa shape index (κ3) is 3.82. The van der Waals surface area contributed by atoms with Gasteiger partial charge in [0.15, 0.2) is 5.69 Å². The fourth-order valence-electron chi connectivity index (χ4n) is 2.47. The van der Waals surface area contributed by atoms with Crippen molar-refractivity contribution in [2.45, 2.75) is 6.54 Å². The van der Waals surface area contributed by atoms with Crippen molar-refractivity contribution in [2.24, 2.45) is 0 Å². The van der Waals surface area contributed by atoms with E-state index in [9.17, 15) is 9.59 Å².